The van der Waals surface area contributed by atoms with Crippen LogP contribution >= 0.6 is 0 Å². The summed E-state index contributed by atoms with van der Waals surface area (Å²) in [5.41, 5.74) is -2.37. The van der Waals surface area contributed by atoms with Gasteiger partial charge in [-0.2, -0.15) is 13.2 Å². The smallest absolute Gasteiger partial charge is 0.380 e. The number of amides is 1. The van der Waals surface area contributed by atoms with E-state index in [9.17, 15) is 23.1 Å². The molecule has 8 heteroatoms. The van der Waals surface area contributed by atoms with E-state index in [1.165, 1.54) is 6.42 Å². The van der Waals surface area contributed by atoms with Crippen molar-refractivity contribution in [2.45, 2.75) is 62.8 Å². The van der Waals surface area contributed by atoms with Crippen LogP contribution in [-0.4, -0.2) is 46.9 Å². The Morgan fingerprint density at radius 3 is 2.46 bits per heavy atom. The third kappa shape index (κ3) is 4.11. The highest BCUT2D eigenvalue weighted by Gasteiger charge is 2.54. The number of nitrogens with zero attached hydrogens (tertiary/aromatic N) is 2. The van der Waals surface area contributed by atoms with Gasteiger partial charge in [0.2, 0.25) is 0 Å². The van der Waals surface area contributed by atoms with Crippen molar-refractivity contribution in [2.24, 2.45) is 0 Å². The lowest BCUT2D eigenvalue weighted by Gasteiger charge is -2.37. The molecule has 0 bridgehead atoms. The van der Waals surface area contributed by atoms with Gasteiger partial charge in [-0.25, -0.2) is 4.98 Å². The van der Waals surface area contributed by atoms with Crippen molar-refractivity contribution < 1.29 is 23.1 Å². The summed E-state index contributed by atoms with van der Waals surface area (Å²) >= 11 is 0. The zero-order valence-corrected chi connectivity index (χ0v) is 14.6. The van der Waals surface area contributed by atoms with Gasteiger partial charge in [0.05, 0.1) is 0 Å². The third-order valence-electron chi connectivity index (χ3n) is 5.32. The molecule has 0 atom stereocenters. The quantitative estimate of drug-likeness (QED) is 0.857. The lowest BCUT2D eigenvalue weighted by atomic mass is 9.81. The van der Waals surface area contributed by atoms with Crippen LogP contribution in [0.5, 0.6) is 0 Å². The Morgan fingerprint density at radius 1 is 1.19 bits per heavy atom. The molecule has 3 rings (SSSR count). The molecule has 0 aromatic carbocycles. The van der Waals surface area contributed by atoms with Gasteiger partial charge in [0.15, 0.2) is 5.60 Å². The number of pyridine rings is 1. The van der Waals surface area contributed by atoms with Crippen LogP contribution in [0.25, 0.3) is 0 Å². The summed E-state index contributed by atoms with van der Waals surface area (Å²) in [6.45, 7) is 1.83. The number of aromatic nitrogens is 1. The fourth-order valence-electron chi connectivity index (χ4n) is 3.63. The highest BCUT2D eigenvalue weighted by atomic mass is 19.4. The van der Waals surface area contributed by atoms with Crippen molar-refractivity contribution in [1.29, 1.82) is 0 Å². The Bertz CT molecular complexity index is 637. The van der Waals surface area contributed by atoms with E-state index in [0.717, 1.165) is 31.7 Å². The molecule has 1 aromatic heterocycles. The van der Waals surface area contributed by atoms with E-state index in [1.807, 2.05) is 6.07 Å². The number of nitrogens with one attached hydrogen (secondary N) is 1. The summed E-state index contributed by atoms with van der Waals surface area (Å²) in [6.07, 6.45) is -1.86. The summed E-state index contributed by atoms with van der Waals surface area (Å²) < 4.78 is 38.5. The summed E-state index contributed by atoms with van der Waals surface area (Å²) in [5, 5.41) is 12.5. The van der Waals surface area contributed by atoms with E-state index in [2.05, 4.69) is 15.2 Å². The maximum Gasteiger partial charge on any atom is 0.417 e. The minimum atomic E-state index is -4.63. The van der Waals surface area contributed by atoms with Gasteiger partial charge in [-0.1, -0.05) is 6.07 Å². The Balaban J connectivity index is 1.59. The summed E-state index contributed by atoms with van der Waals surface area (Å²) in [7, 11) is 0. The molecule has 1 saturated heterocycles. The zero-order valence-electron chi connectivity index (χ0n) is 14.6. The lowest BCUT2D eigenvalue weighted by Crippen LogP contribution is -2.51. The largest absolute Gasteiger partial charge is 0.417 e. The van der Waals surface area contributed by atoms with Gasteiger partial charge < -0.3 is 15.3 Å². The first kappa shape index (κ1) is 18.9. The minimum Gasteiger partial charge on any atom is -0.380 e. The van der Waals surface area contributed by atoms with Crippen LogP contribution in [0.15, 0.2) is 18.2 Å². The first-order valence-electron chi connectivity index (χ1n) is 9.10. The molecule has 0 radical (unpaired) electrons. The standard InChI is InChI=1S/C18H24F3N3O2/c19-18(20,21)17(26)9-7-13(8-10-17)22-16(25)14-5-4-6-15(23-14)24-11-2-1-3-12-24/h4-6,13,26H,1-3,7-12H2,(H,22,25)/t13-,17+. The van der Waals surface area contributed by atoms with Gasteiger partial charge >= 0.3 is 6.18 Å². The SMILES string of the molecule is O=C(N[C@H]1CC[C@](O)(C(F)(F)F)CC1)c1cccc(N2CCCCC2)n1. The van der Waals surface area contributed by atoms with Crippen LogP contribution in [-0.2, 0) is 0 Å². The second kappa shape index (κ2) is 7.42. The normalized spacial score (nSPS) is 27.2. The Hall–Kier alpha value is -1.83. The van der Waals surface area contributed by atoms with E-state index in [4.69, 9.17) is 0 Å². The van der Waals surface area contributed by atoms with Crippen molar-refractivity contribution in [1.82, 2.24) is 10.3 Å². The zero-order chi connectivity index (χ0) is 18.8. The van der Waals surface area contributed by atoms with E-state index < -0.39 is 24.6 Å². The lowest BCUT2D eigenvalue weighted by molar-refractivity contribution is -0.270. The van der Waals surface area contributed by atoms with E-state index in [-0.39, 0.29) is 30.5 Å². The first-order valence-corrected chi connectivity index (χ1v) is 9.10. The van der Waals surface area contributed by atoms with Gasteiger partial charge in [-0.05, 0) is 57.1 Å². The summed E-state index contributed by atoms with van der Waals surface area (Å²) in [6, 6.07) is 4.87. The topological polar surface area (TPSA) is 65.5 Å². The molecule has 1 aromatic rings. The molecular weight excluding hydrogens is 347 g/mol. The third-order valence-corrected chi connectivity index (χ3v) is 5.32. The Morgan fingerprint density at radius 2 is 1.85 bits per heavy atom. The van der Waals surface area contributed by atoms with Crippen LogP contribution in [0.3, 0.4) is 0 Å². The number of carbonyl (C=O) groups is 1. The molecule has 2 fully saturated rings. The van der Waals surface area contributed by atoms with Crippen LogP contribution < -0.4 is 10.2 Å². The summed E-state index contributed by atoms with van der Waals surface area (Å²) in [5.74, 6) is 0.374. The number of anilines is 1. The second-order valence-electron chi connectivity index (χ2n) is 7.21. The number of piperidine rings is 1. The van der Waals surface area contributed by atoms with Crippen LogP contribution in [0.2, 0.25) is 0 Å². The highest BCUT2D eigenvalue weighted by Crippen LogP contribution is 2.41. The first-order chi connectivity index (χ1) is 12.3. The van der Waals surface area contributed by atoms with Gasteiger partial charge in [-0.15, -0.1) is 0 Å². The molecule has 0 spiro atoms. The molecule has 2 aliphatic rings. The molecule has 2 heterocycles. The van der Waals surface area contributed by atoms with Crippen molar-refractivity contribution >= 4 is 11.7 Å². The molecule has 5 nitrogen and oxygen atoms in total. The maximum absolute atomic E-state index is 12.8. The van der Waals surface area contributed by atoms with Crippen LogP contribution in [0.4, 0.5) is 19.0 Å². The average Bonchev–Trinajstić information content (AvgIpc) is 2.63. The molecule has 1 amide bonds. The number of alkyl halides is 3. The fourth-order valence-corrected chi connectivity index (χ4v) is 3.63. The average molecular weight is 371 g/mol. The number of hydrogen-bond donors (Lipinski definition) is 2. The molecular formula is C18H24F3N3O2. The van der Waals surface area contributed by atoms with Gasteiger partial charge in [0, 0.05) is 19.1 Å². The molecule has 144 valence electrons. The van der Waals surface area contributed by atoms with E-state index in [0.29, 0.717) is 0 Å². The molecule has 0 unspecified atom stereocenters. The number of rotatable bonds is 3. The van der Waals surface area contributed by atoms with E-state index >= 15 is 0 Å². The Kier molecular flexibility index (Phi) is 5.41. The van der Waals surface area contributed by atoms with Gasteiger partial charge in [0.1, 0.15) is 11.5 Å². The molecule has 2 N–H and O–H groups in total. The molecule has 1 aliphatic carbocycles. The van der Waals surface area contributed by atoms with Gasteiger partial charge in [-0.3, -0.25) is 4.79 Å². The predicted octanol–water partition coefficient (Wildman–Crippen LogP) is 3.04. The second-order valence-corrected chi connectivity index (χ2v) is 7.21. The molecule has 26 heavy (non-hydrogen) atoms. The fraction of sp³-hybridized carbons (Fsp3) is 0.667. The highest BCUT2D eigenvalue weighted by molar-refractivity contribution is 5.92. The molecule has 1 saturated carbocycles. The van der Waals surface area contributed by atoms with Crippen LogP contribution in [0, 0.1) is 0 Å². The van der Waals surface area contributed by atoms with Crippen molar-refractivity contribution in [3.63, 3.8) is 0 Å². The van der Waals surface area contributed by atoms with Crippen molar-refractivity contribution in [3.8, 4) is 0 Å². The monoisotopic (exact) mass is 371 g/mol. The summed E-state index contributed by atoms with van der Waals surface area (Å²) in [4.78, 5) is 19.0. The van der Waals surface area contributed by atoms with Crippen LogP contribution in [0.1, 0.15) is 55.4 Å². The van der Waals surface area contributed by atoms with Gasteiger partial charge in [0.25, 0.3) is 5.91 Å². The number of aliphatic hydroxyl groups is 1. The Labute approximate surface area is 150 Å². The number of halogens is 3. The maximum atomic E-state index is 12.8. The van der Waals surface area contributed by atoms with E-state index in [1.54, 1.807) is 12.1 Å². The number of carbonyl (C=O) groups excluding carboxylic acids is 1. The number of hydrogen-bond acceptors (Lipinski definition) is 4. The van der Waals surface area contributed by atoms with Crippen molar-refractivity contribution in [3.05, 3.63) is 23.9 Å². The minimum absolute atomic E-state index is 0.0908. The molecule has 1 aliphatic heterocycles. The van der Waals surface area contributed by atoms with Crippen molar-refractivity contribution in [2.75, 3.05) is 18.0 Å². The predicted molar refractivity (Wildman–Crippen MR) is 91.0 cm³/mol.